The molecule has 94 valence electrons. The van der Waals surface area contributed by atoms with Crippen molar-refractivity contribution in [3.8, 4) is 6.07 Å². The van der Waals surface area contributed by atoms with E-state index < -0.39 is 5.97 Å². The number of hydrogen-bond donors (Lipinski definition) is 1. The third kappa shape index (κ3) is 2.17. The monoisotopic (exact) mass is 244 g/mol. The zero-order chi connectivity index (χ0) is 13.3. The van der Waals surface area contributed by atoms with Crippen molar-refractivity contribution in [2.45, 2.75) is 13.8 Å². The molecule has 0 radical (unpaired) electrons. The molecule has 1 N–H and O–H groups in total. The summed E-state index contributed by atoms with van der Waals surface area (Å²) in [5.41, 5.74) is 2.60. The number of anilines is 1. The van der Waals surface area contributed by atoms with Crippen LogP contribution >= 0.6 is 0 Å². The van der Waals surface area contributed by atoms with Crippen LogP contribution in [0.4, 0.5) is 5.69 Å². The Balaban J connectivity index is 2.22. The summed E-state index contributed by atoms with van der Waals surface area (Å²) >= 11 is 0. The lowest BCUT2D eigenvalue weighted by Crippen LogP contribution is -2.23. The smallest absolute Gasteiger partial charge is 0.308 e. The van der Waals surface area contributed by atoms with Gasteiger partial charge in [-0.3, -0.25) is 4.79 Å². The Labute approximate surface area is 106 Å². The Morgan fingerprint density at radius 1 is 1.50 bits per heavy atom. The van der Waals surface area contributed by atoms with Gasteiger partial charge in [-0.1, -0.05) is 6.92 Å². The maximum atomic E-state index is 11.1. The van der Waals surface area contributed by atoms with E-state index in [1.165, 1.54) is 0 Å². The van der Waals surface area contributed by atoms with Crippen molar-refractivity contribution >= 4 is 11.7 Å². The summed E-state index contributed by atoms with van der Waals surface area (Å²) in [4.78, 5) is 13.2. The van der Waals surface area contributed by atoms with Gasteiger partial charge in [-0.15, -0.1) is 0 Å². The molecule has 0 spiro atoms. The van der Waals surface area contributed by atoms with Crippen LogP contribution < -0.4 is 4.90 Å². The van der Waals surface area contributed by atoms with Crippen LogP contribution in [-0.4, -0.2) is 24.2 Å². The highest BCUT2D eigenvalue weighted by molar-refractivity contribution is 5.72. The van der Waals surface area contributed by atoms with Crippen molar-refractivity contribution in [3.63, 3.8) is 0 Å². The average Bonchev–Trinajstić information content (AvgIpc) is 2.71. The molecule has 1 saturated heterocycles. The summed E-state index contributed by atoms with van der Waals surface area (Å²) in [6, 6.07) is 7.78. The molecule has 1 aromatic carbocycles. The maximum absolute atomic E-state index is 11.1. The highest BCUT2D eigenvalue weighted by Gasteiger charge is 2.34. The largest absolute Gasteiger partial charge is 0.481 e. The molecule has 0 bridgehead atoms. The van der Waals surface area contributed by atoms with Gasteiger partial charge in [0.15, 0.2) is 0 Å². The maximum Gasteiger partial charge on any atom is 0.308 e. The number of nitriles is 1. The quantitative estimate of drug-likeness (QED) is 0.864. The van der Waals surface area contributed by atoms with E-state index in [-0.39, 0.29) is 11.8 Å². The van der Waals surface area contributed by atoms with Crippen molar-refractivity contribution in [3.05, 3.63) is 29.3 Å². The first kappa shape index (κ1) is 12.4. The molecule has 1 aliphatic heterocycles. The van der Waals surface area contributed by atoms with E-state index in [4.69, 9.17) is 10.4 Å². The van der Waals surface area contributed by atoms with Gasteiger partial charge in [-0.25, -0.2) is 0 Å². The van der Waals surface area contributed by atoms with Crippen LogP contribution in [0.3, 0.4) is 0 Å². The van der Waals surface area contributed by atoms with Crippen LogP contribution in [0.2, 0.25) is 0 Å². The van der Waals surface area contributed by atoms with E-state index in [1.54, 1.807) is 6.07 Å². The highest BCUT2D eigenvalue weighted by atomic mass is 16.4. The van der Waals surface area contributed by atoms with E-state index >= 15 is 0 Å². The van der Waals surface area contributed by atoms with Crippen molar-refractivity contribution in [1.82, 2.24) is 0 Å². The van der Waals surface area contributed by atoms with Crippen molar-refractivity contribution in [2.75, 3.05) is 18.0 Å². The van der Waals surface area contributed by atoms with Gasteiger partial charge in [0.05, 0.1) is 17.6 Å². The van der Waals surface area contributed by atoms with Crippen molar-refractivity contribution in [2.24, 2.45) is 11.8 Å². The second-order valence-corrected chi connectivity index (χ2v) is 4.94. The van der Waals surface area contributed by atoms with Crippen LogP contribution in [0.5, 0.6) is 0 Å². The van der Waals surface area contributed by atoms with E-state index in [2.05, 4.69) is 11.0 Å². The minimum absolute atomic E-state index is 0.151. The van der Waals surface area contributed by atoms with Gasteiger partial charge in [0.1, 0.15) is 0 Å². The fraction of sp³-hybridized carbons (Fsp3) is 0.429. The number of aryl methyl sites for hydroxylation is 1. The molecular weight excluding hydrogens is 228 g/mol. The molecule has 0 aliphatic carbocycles. The zero-order valence-corrected chi connectivity index (χ0v) is 10.6. The van der Waals surface area contributed by atoms with Crippen LogP contribution in [0.1, 0.15) is 18.1 Å². The van der Waals surface area contributed by atoms with Gasteiger partial charge in [0.2, 0.25) is 0 Å². The van der Waals surface area contributed by atoms with Gasteiger partial charge in [-0.05, 0) is 36.6 Å². The number of nitrogens with zero attached hydrogens (tertiary/aromatic N) is 2. The molecule has 2 atom stereocenters. The van der Waals surface area contributed by atoms with Crippen LogP contribution in [0.25, 0.3) is 0 Å². The number of rotatable bonds is 2. The van der Waals surface area contributed by atoms with Crippen molar-refractivity contribution < 1.29 is 9.90 Å². The number of carboxylic acids is 1. The number of hydrogen-bond acceptors (Lipinski definition) is 3. The summed E-state index contributed by atoms with van der Waals surface area (Å²) in [7, 11) is 0. The van der Waals surface area contributed by atoms with Crippen molar-refractivity contribution in [1.29, 1.82) is 5.26 Å². The topological polar surface area (TPSA) is 64.3 Å². The Bertz CT molecular complexity index is 519. The normalized spacial score (nSPS) is 22.8. The molecule has 2 rings (SSSR count). The SMILES string of the molecule is Cc1cc(N2CC(C)C(C(=O)O)C2)ccc1C#N. The first-order chi connectivity index (χ1) is 8.52. The minimum atomic E-state index is -0.727. The minimum Gasteiger partial charge on any atom is -0.481 e. The number of benzene rings is 1. The first-order valence-corrected chi connectivity index (χ1v) is 6.01. The van der Waals surface area contributed by atoms with E-state index in [9.17, 15) is 4.79 Å². The Kier molecular flexibility index (Phi) is 3.24. The Morgan fingerprint density at radius 2 is 2.22 bits per heavy atom. The van der Waals surface area contributed by atoms with Crippen LogP contribution in [-0.2, 0) is 4.79 Å². The fourth-order valence-corrected chi connectivity index (χ4v) is 2.47. The number of carboxylic acid groups (broad SMARTS) is 1. The molecule has 18 heavy (non-hydrogen) atoms. The lowest BCUT2D eigenvalue weighted by Gasteiger charge is -2.19. The summed E-state index contributed by atoms with van der Waals surface area (Å²) in [6.45, 7) is 5.16. The fourth-order valence-electron chi connectivity index (χ4n) is 2.47. The third-order valence-electron chi connectivity index (χ3n) is 3.63. The van der Waals surface area contributed by atoms with Gasteiger partial charge < -0.3 is 10.0 Å². The third-order valence-corrected chi connectivity index (χ3v) is 3.63. The second-order valence-electron chi connectivity index (χ2n) is 4.94. The molecule has 1 aliphatic rings. The van der Waals surface area contributed by atoms with Crippen LogP contribution in [0, 0.1) is 30.1 Å². The summed E-state index contributed by atoms with van der Waals surface area (Å²) in [5.74, 6) is -0.880. The van der Waals surface area contributed by atoms with Gasteiger partial charge in [-0.2, -0.15) is 5.26 Å². The number of carbonyl (C=O) groups is 1. The standard InChI is InChI=1S/C14H16N2O2/c1-9-5-12(4-3-11(9)6-15)16-7-10(2)13(8-16)14(17)18/h3-5,10,13H,7-8H2,1-2H3,(H,17,18). The molecule has 4 heteroatoms. The second kappa shape index (κ2) is 4.69. The Morgan fingerprint density at radius 3 is 2.72 bits per heavy atom. The molecule has 4 nitrogen and oxygen atoms in total. The molecular formula is C14H16N2O2. The van der Waals surface area contributed by atoms with Gasteiger partial charge >= 0.3 is 5.97 Å². The molecule has 0 amide bonds. The van der Waals surface area contributed by atoms with Crippen LogP contribution in [0.15, 0.2) is 18.2 Å². The summed E-state index contributed by atoms with van der Waals surface area (Å²) in [6.07, 6.45) is 0. The molecule has 1 aromatic rings. The summed E-state index contributed by atoms with van der Waals surface area (Å²) < 4.78 is 0. The summed E-state index contributed by atoms with van der Waals surface area (Å²) in [5, 5.41) is 18.0. The van der Waals surface area contributed by atoms with E-state index in [0.29, 0.717) is 12.1 Å². The van der Waals surface area contributed by atoms with E-state index in [0.717, 1.165) is 17.8 Å². The zero-order valence-electron chi connectivity index (χ0n) is 10.6. The molecule has 0 aromatic heterocycles. The molecule has 2 unspecified atom stereocenters. The predicted molar refractivity (Wildman–Crippen MR) is 68.4 cm³/mol. The number of aliphatic carboxylic acids is 1. The lowest BCUT2D eigenvalue weighted by atomic mass is 9.99. The van der Waals surface area contributed by atoms with Gasteiger partial charge in [0, 0.05) is 18.8 Å². The highest BCUT2D eigenvalue weighted by Crippen LogP contribution is 2.29. The Hall–Kier alpha value is -2.02. The lowest BCUT2D eigenvalue weighted by molar-refractivity contribution is -0.142. The predicted octanol–water partition coefficient (Wildman–Crippen LogP) is 2.02. The first-order valence-electron chi connectivity index (χ1n) is 6.01. The molecule has 1 heterocycles. The average molecular weight is 244 g/mol. The van der Waals surface area contributed by atoms with Gasteiger partial charge in [0.25, 0.3) is 0 Å². The molecule has 1 fully saturated rings. The van der Waals surface area contributed by atoms with E-state index in [1.807, 2.05) is 26.0 Å². The molecule has 0 saturated carbocycles.